The van der Waals surface area contributed by atoms with Gasteiger partial charge in [0.1, 0.15) is 0 Å². The molecule has 0 spiro atoms. The monoisotopic (exact) mass is 291 g/mol. The standard InChI is InChI=1S/C16H21NO2S/c1-16(2,15(18)19)9-5-6-10-20-14-11-12-7-3-4-8-13(12)17-14/h3-4,7-8,11,17H,5-6,9-10H2,1-2H3,(H,18,19). The highest BCUT2D eigenvalue weighted by Crippen LogP contribution is 2.26. The number of carboxylic acids is 1. The summed E-state index contributed by atoms with van der Waals surface area (Å²) in [7, 11) is 0. The first kappa shape index (κ1) is 15.0. The zero-order valence-corrected chi connectivity index (χ0v) is 12.8. The molecule has 20 heavy (non-hydrogen) atoms. The first-order valence-corrected chi connectivity index (χ1v) is 7.91. The van der Waals surface area contributed by atoms with Crippen LogP contribution in [0.25, 0.3) is 10.9 Å². The van der Waals surface area contributed by atoms with Crippen LogP contribution in [0.3, 0.4) is 0 Å². The summed E-state index contributed by atoms with van der Waals surface area (Å²) in [5.41, 5.74) is 0.563. The van der Waals surface area contributed by atoms with Crippen molar-refractivity contribution in [3.05, 3.63) is 30.3 Å². The summed E-state index contributed by atoms with van der Waals surface area (Å²) in [6, 6.07) is 10.4. The topological polar surface area (TPSA) is 53.1 Å². The second-order valence-electron chi connectivity index (χ2n) is 5.72. The molecule has 0 fully saturated rings. The number of hydrogen-bond acceptors (Lipinski definition) is 2. The van der Waals surface area contributed by atoms with Gasteiger partial charge in [-0.05, 0) is 44.6 Å². The summed E-state index contributed by atoms with van der Waals surface area (Å²) in [5, 5.41) is 11.5. The van der Waals surface area contributed by atoms with Crippen molar-refractivity contribution in [3.8, 4) is 0 Å². The van der Waals surface area contributed by atoms with Gasteiger partial charge in [-0.3, -0.25) is 4.79 Å². The van der Waals surface area contributed by atoms with Gasteiger partial charge in [-0.15, -0.1) is 11.8 Å². The van der Waals surface area contributed by atoms with E-state index in [0.717, 1.165) is 25.0 Å². The van der Waals surface area contributed by atoms with Gasteiger partial charge in [0.05, 0.1) is 10.4 Å². The van der Waals surface area contributed by atoms with Crippen LogP contribution < -0.4 is 0 Å². The molecule has 0 aliphatic rings. The van der Waals surface area contributed by atoms with Crippen LogP contribution in [0.2, 0.25) is 0 Å². The summed E-state index contributed by atoms with van der Waals surface area (Å²) < 4.78 is 0. The largest absolute Gasteiger partial charge is 0.481 e. The van der Waals surface area contributed by atoms with E-state index in [1.165, 1.54) is 15.9 Å². The zero-order chi connectivity index (χ0) is 14.6. The third-order valence-electron chi connectivity index (χ3n) is 3.54. The summed E-state index contributed by atoms with van der Waals surface area (Å²) in [4.78, 5) is 14.4. The lowest BCUT2D eigenvalue weighted by Gasteiger charge is -2.18. The number of aliphatic carboxylic acids is 1. The third-order valence-corrected chi connectivity index (χ3v) is 4.56. The lowest BCUT2D eigenvalue weighted by Crippen LogP contribution is -2.23. The number of unbranched alkanes of at least 4 members (excludes halogenated alkanes) is 1. The number of aromatic nitrogens is 1. The molecule has 2 aromatic rings. The molecule has 0 saturated carbocycles. The third kappa shape index (κ3) is 3.79. The zero-order valence-electron chi connectivity index (χ0n) is 12.0. The number of fused-ring (bicyclic) bond motifs is 1. The number of nitrogens with one attached hydrogen (secondary N) is 1. The van der Waals surface area contributed by atoms with Crippen molar-refractivity contribution in [2.24, 2.45) is 5.41 Å². The van der Waals surface area contributed by atoms with Crippen molar-refractivity contribution in [1.29, 1.82) is 0 Å². The van der Waals surface area contributed by atoms with Crippen molar-refractivity contribution in [2.75, 3.05) is 5.75 Å². The van der Waals surface area contributed by atoms with Crippen molar-refractivity contribution in [2.45, 2.75) is 38.1 Å². The fraction of sp³-hybridized carbons (Fsp3) is 0.438. The molecule has 1 aromatic heterocycles. The van der Waals surface area contributed by atoms with Gasteiger partial charge in [-0.1, -0.05) is 24.6 Å². The highest BCUT2D eigenvalue weighted by atomic mass is 32.2. The molecule has 4 heteroatoms. The predicted molar refractivity (Wildman–Crippen MR) is 84.3 cm³/mol. The number of rotatable bonds is 7. The fourth-order valence-corrected chi connectivity index (χ4v) is 3.04. The van der Waals surface area contributed by atoms with Crippen molar-refractivity contribution in [3.63, 3.8) is 0 Å². The van der Waals surface area contributed by atoms with Crippen LogP contribution in [-0.2, 0) is 4.79 Å². The highest BCUT2D eigenvalue weighted by molar-refractivity contribution is 7.99. The molecule has 1 aromatic carbocycles. The predicted octanol–water partition coefficient (Wildman–Crippen LogP) is 4.54. The van der Waals surface area contributed by atoms with Crippen LogP contribution in [0, 0.1) is 5.41 Å². The van der Waals surface area contributed by atoms with Gasteiger partial charge in [0.2, 0.25) is 0 Å². The van der Waals surface area contributed by atoms with Crippen molar-refractivity contribution >= 4 is 28.6 Å². The van der Waals surface area contributed by atoms with E-state index in [2.05, 4.69) is 23.2 Å². The number of para-hydroxylation sites is 1. The molecule has 2 N–H and O–H groups in total. The Labute approximate surface area is 123 Å². The SMILES string of the molecule is CC(C)(CCCCSc1cc2ccccc2[nH]1)C(=O)O. The molecule has 0 bridgehead atoms. The van der Waals surface area contributed by atoms with Crippen LogP contribution in [0.5, 0.6) is 0 Å². The number of carbonyl (C=O) groups is 1. The van der Waals surface area contributed by atoms with Crippen molar-refractivity contribution < 1.29 is 9.90 Å². The Morgan fingerprint density at radius 2 is 2.05 bits per heavy atom. The second-order valence-corrected chi connectivity index (χ2v) is 6.85. The second kappa shape index (κ2) is 6.35. The van der Waals surface area contributed by atoms with E-state index in [4.69, 9.17) is 5.11 Å². The minimum absolute atomic E-state index is 0.605. The maximum absolute atomic E-state index is 11.0. The van der Waals surface area contributed by atoms with E-state index in [9.17, 15) is 4.79 Å². The highest BCUT2D eigenvalue weighted by Gasteiger charge is 2.25. The van der Waals surface area contributed by atoms with Gasteiger partial charge in [0, 0.05) is 10.9 Å². The summed E-state index contributed by atoms with van der Waals surface area (Å²) in [6.45, 7) is 3.58. The van der Waals surface area contributed by atoms with Crippen LogP contribution in [0.4, 0.5) is 0 Å². The van der Waals surface area contributed by atoms with E-state index in [-0.39, 0.29) is 0 Å². The average Bonchev–Trinajstić information content (AvgIpc) is 2.80. The minimum atomic E-state index is -0.708. The van der Waals surface area contributed by atoms with Gasteiger partial charge in [0.25, 0.3) is 0 Å². The van der Waals surface area contributed by atoms with Gasteiger partial charge >= 0.3 is 5.97 Å². The number of carboxylic acid groups (broad SMARTS) is 1. The maximum Gasteiger partial charge on any atom is 0.309 e. The normalized spacial score (nSPS) is 11.9. The van der Waals surface area contributed by atoms with E-state index >= 15 is 0 Å². The number of benzene rings is 1. The van der Waals surface area contributed by atoms with Gasteiger partial charge in [-0.25, -0.2) is 0 Å². The Morgan fingerprint density at radius 1 is 1.30 bits per heavy atom. The quantitative estimate of drug-likeness (QED) is 0.581. The molecule has 0 amide bonds. The van der Waals surface area contributed by atoms with E-state index in [1.807, 2.05) is 12.1 Å². The molecule has 0 aliphatic carbocycles. The minimum Gasteiger partial charge on any atom is -0.481 e. The lowest BCUT2D eigenvalue weighted by molar-refractivity contribution is -0.147. The van der Waals surface area contributed by atoms with E-state index in [1.54, 1.807) is 25.6 Å². The molecule has 0 unspecified atom stereocenters. The molecule has 3 nitrogen and oxygen atoms in total. The Morgan fingerprint density at radius 3 is 2.75 bits per heavy atom. The summed E-state index contributed by atoms with van der Waals surface area (Å²) >= 11 is 1.80. The van der Waals surface area contributed by atoms with Crippen molar-refractivity contribution in [1.82, 2.24) is 4.98 Å². The number of H-pyrrole nitrogens is 1. The number of thioether (sulfide) groups is 1. The lowest BCUT2D eigenvalue weighted by atomic mass is 9.88. The first-order valence-electron chi connectivity index (χ1n) is 6.93. The van der Waals surface area contributed by atoms with Crippen LogP contribution in [0.1, 0.15) is 33.1 Å². The van der Waals surface area contributed by atoms with E-state index < -0.39 is 11.4 Å². The van der Waals surface area contributed by atoms with E-state index in [0.29, 0.717) is 0 Å². The van der Waals surface area contributed by atoms with Gasteiger partial charge in [-0.2, -0.15) is 0 Å². The molecular weight excluding hydrogens is 270 g/mol. The van der Waals surface area contributed by atoms with Crippen LogP contribution in [-0.4, -0.2) is 21.8 Å². The molecule has 1 heterocycles. The molecule has 0 radical (unpaired) electrons. The molecule has 0 saturated heterocycles. The average molecular weight is 291 g/mol. The van der Waals surface area contributed by atoms with Crippen LogP contribution in [0.15, 0.2) is 35.4 Å². The fourth-order valence-electron chi connectivity index (χ4n) is 2.08. The Balaban J connectivity index is 1.75. The summed E-state index contributed by atoms with van der Waals surface area (Å²) in [6.07, 6.45) is 2.72. The molecule has 2 rings (SSSR count). The Kier molecular flexibility index (Phi) is 4.76. The molecule has 0 atom stereocenters. The number of aromatic amines is 1. The first-order chi connectivity index (χ1) is 9.49. The Bertz CT molecular complexity index is 556. The smallest absolute Gasteiger partial charge is 0.309 e. The van der Waals surface area contributed by atoms with Gasteiger partial charge < -0.3 is 10.1 Å². The number of hydrogen-bond donors (Lipinski definition) is 2. The molecular formula is C16H21NO2S. The molecule has 0 aliphatic heterocycles. The summed E-state index contributed by atoms with van der Waals surface area (Å²) in [5.74, 6) is 0.309. The van der Waals surface area contributed by atoms with Gasteiger partial charge in [0.15, 0.2) is 0 Å². The molecule has 108 valence electrons. The Hall–Kier alpha value is -1.42. The van der Waals surface area contributed by atoms with Crippen LogP contribution >= 0.6 is 11.8 Å². The maximum atomic E-state index is 11.0.